The van der Waals surface area contributed by atoms with Crippen LogP contribution in [0.25, 0.3) is 0 Å². The topological polar surface area (TPSA) is 61.5 Å². The van der Waals surface area contributed by atoms with Crippen LogP contribution in [0, 0.1) is 0 Å². The smallest absolute Gasteiger partial charge is 0.350 e. The average molecular weight is 161 g/mol. The van der Waals surface area contributed by atoms with E-state index in [1.165, 1.54) is 0 Å². The van der Waals surface area contributed by atoms with Crippen LogP contribution >= 0.6 is 0 Å². The van der Waals surface area contributed by atoms with E-state index >= 15 is 0 Å². The lowest BCUT2D eigenvalue weighted by molar-refractivity contribution is -0.156. The SMILES string of the molecule is CCCOC(=O)C(N)OCC. The predicted octanol–water partition coefficient (Wildman–Crippen LogP) is 0.261. The van der Waals surface area contributed by atoms with Crippen LogP contribution in [0.15, 0.2) is 0 Å². The van der Waals surface area contributed by atoms with Gasteiger partial charge < -0.3 is 9.47 Å². The average Bonchev–Trinajstić information content (AvgIpc) is 2.00. The molecule has 0 aromatic heterocycles. The molecule has 0 amide bonds. The number of rotatable bonds is 5. The highest BCUT2D eigenvalue weighted by Crippen LogP contribution is 1.89. The summed E-state index contributed by atoms with van der Waals surface area (Å²) in [4.78, 5) is 10.8. The molecule has 0 radical (unpaired) electrons. The number of carbonyl (C=O) groups excluding carboxylic acids is 1. The molecule has 66 valence electrons. The Morgan fingerprint density at radius 1 is 1.55 bits per heavy atom. The zero-order chi connectivity index (χ0) is 8.69. The van der Waals surface area contributed by atoms with Gasteiger partial charge in [0.05, 0.1) is 6.61 Å². The van der Waals surface area contributed by atoms with E-state index in [1.54, 1.807) is 6.92 Å². The summed E-state index contributed by atoms with van der Waals surface area (Å²) in [5.41, 5.74) is 5.27. The summed E-state index contributed by atoms with van der Waals surface area (Å²) in [7, 11) is 0. The van der Waals surface area contributed by atoms with Gasteiger partial charge in [0.15, 0.2) is 0 Å². The molecule has 0 aliphatic rings. The monoisotopic (exact) mass is 161 g/mol. The molecule has 1 atom stereocenters. The van der Waals surface area contributed by atoms with Gasteiger partial charge in [0.1, 0.15) is 0 Å². The van der Waals surface area contributed by atoms with Crippen molar-refractivity contribution < 1.29 is 14.3 Å². The van der Waals surface area contributed by atoms with Gasteiger partial charge in [-0.2, -0.15) is 0 Å². The first-order valence-corrected chi connectivity index (χ1v) is 3.76. The van der Waals surface area contributed by atoms with Crippen molar-refractivity contribution in [1.82, 2.24) is 0 Å². The van der Waals surface area contributed by atoms with Crippen molar-refractivity contribution in [3.05, 3.63) is 0 Å². The highest BCUT2D eigenvalue weighted by Gasteiger charge is 2.13. The molecule has 0 saturated heterocycles. The van der Waals surface area contributed by atoms with Gasteiger partial charge in [-0.1, -0.05) is 6.92 Å². The molecule has 1 unspecified atom stereocenters. The van der Waals surface area contributed by atoms with Crippen molar-refractivity contribution >= 4 is 5.97 Å². The van der Waals surface area contributed by atoms with Crippen molar-refractivity contribution in [2.75, 3.05) is 13.2 Å². The van der Waals surface area contributed by atoms with E-state index in [0.29, 0.717) is 13.2 Å². The summed E-state index contributed by atoms with van der Waals surface area (Å²) in [6.07, 6.45) is -0.128. The summed E-state index contributed by atoms with van der Waals surface area (Å²) in [5.74, 6) is -0.492. The molecular weight excluding hydrogens is 146 g/mol. The molecule has 0 aliphatic carbocycles. The number of hydrogen-bond donors (Lipinski definition) is 1. The highest BCUT2D eigenvalue weighted by molar-refractivity contribution is 5.73. The minimum atomic E-state index is -0.924. The molecule has 0 aliphatic heterocycles. The molecule has 0 bridgehead atoms. The van der Waals surface area contributed by atoms with Crippen LogP contribution in [0.4, 0.5) is 0 Å². The van der Waals surface area contributed by atoms with Crippen molar-refractivity contribution in [3.63, 3.8) is 0 Å². The first kappa shape index (κ1) is 10.4. The van der Waals surface area contributed by atoms with E-state index in [4.69, 9.17) is 15.2 Å². The lowest BCUT2D eigenvalue weighted by Crippen LogP contribution is -2.35. The molecule has 2 N–H and O–H groups in total. The van der Waals surface area contributed by atoms with E-state index in [2.05, 4.69) is 0 Å². The molecule has 11 heavy (non-hydrogen) atoms. The molecule has 0 saturated carbocycles. The zero-order valence-corrected chi connectivity index (χ0v) is 7.00. The second-order valence-electron chi connectivity index (χ2n) is 2.04. The van der Waals surface area contributed by atoms with Gasteiger partial charge in [0, 0.05) is 6.61 Å². The van der Waals surface area contributed by atoms with E-state index in [-0.39, 0.29) is 0 Å². The van der Waals surface area contributed by atoms with Gasteiger partial charge in [-0.05, 0) is 13.3 Å². The normalized spacial score (nSPS) is 12.6. The number of carbonyl (C=O) groups is 1. The fourth-order valence-corrected chi connectivity index (χ4v) is 0.532. The van der Waals surface area contributed by atoms with E-state index in [9.17, 15) is 4.79 Å². The van der Waals surface area contributed by atoms with Crippen LogP contribution in [-0.4, -0.2) is 25.4 Å². The lowest BCUT2D eigenvalue weighted by atomic mass is 10.5. The molecule has 0 rings (SSSR count). The Morgan fingerprint density at radius 2 is 2.18 bits per heavy atom. The first-order valence-electron chi connectivity index (χ1n) is 3.76. The van der Waals surface area contributed by atoms with Crippen LogP contribution in [0.3, 0.4) is 0 Å². The van der Waals surface area contributed by atoms with E-state index in [1.807, 2.05) is 6.92 Å². The number of ether oxygens (including phenoxy) is 2. The molecule has 0 fully saturated rings. The summed E-state index contributed by atoms with van der Waals surface area (Å²) in [6.45, 7) is 4.51. The van der Waals surface area contributed by atoms with Crippen molar-refractivity contribution in [3.8, 4) is 0 Å². The van der Waals surface area contributed by atoms with Crippen LogP contribution in [0.1, 0.15) is 20.3 Å². The van der Waals surface area contributed by atoms with Crippen molar-refractivity contribution in [2.45, 2.75) is 26.5 Å². The fourth-order valence-electron chi connectivity index (χ4n) is 0.532. The molecule has 4 nitrogen and oxygen atoms in total. The minimum absolute atomic E-state index is 0.402. The van der Waals surface area contributed by atoms with Gasteiger partial charge in [-0.15, -0.1) is 0 Å². The number of nitrogens with two attached hydrogens (primary N) is 1. The van der Waals surface area contributed by atoms with Crippen LogP contribution in [0.5, 0.6) is 0 Å². The summed E-state index contributed by atoms with van der Waals surface area (Å²) >= 11 is 0. The highest BCUT2D eigenvalue weighted by atomic mass is 16.6. The van der Waals surface area contributed by atoms with Crippen LogP contribution in [-0.2, 0) is 14.3 Å². The second kappa shape index (κ2) is 6.12. The van der Waals surface area contributed by atoms with Gasteiger partial charge >= 0.3 is 5.97 Å². The summed E-state index contributed by atoms with van der Waals surface area (Å²) < 4.78 is 9.52. The zero-order valence-electron chi connectivity index (χ0n) is 7.00. The van der Waals surface area contributed by atoms with Crippen LogP contribution in [0.2, 0.25) is 0 Å². The Hall–Kier alpha value is -0.610. The maximum Gasteiger partial charge on any atom is 0.350 e. The Balaban J connectivity index is 3.47. The van der Waals surface area contributed by atoms with E-state index < -0.39 is 12.2 Å². The minimum Gasteiger partial charge on any atom is -0.463 e. The second-order valence-corrected chi connectivity index (χ2v) is 2.04. The largest absolute Gasteiger partial charge is 0.463 e. The van der Waals surface area contributed by atoms with Gasteiger partial charge in [-0.25, -0.2) is 4.79 Å². The number of esters is 1. The molecule has 0 heterocycles. The maximum atomic E-state index is 10.8. The van der Waals surface area contributed by atoms with Gasteiger partial charge in [-0.3, -0.25) is 5.73 Å². The fraction of sp³-hybridized carbons (Fsp3) is 0.857. The Kier molecular flexibility index (Phi) is 5.78. The Bertz CT molecular complexity index is 116. The van der Waals surface area contributed by atoms with Gasteiger partial charge in [0.25, 0.3) is 0 Å². The van der Waals surface area contributed by atoms with Crippen molar-refractivity contribution in [1.29, 1.82) is 0 Å². The third-order valence-electron chi connectivity index (χ3n) is 1.03. The molecule has 4 heteroatoms. The summed E-state index contributed by atoms with van der Waals surface area (Å²) in [6, 6.07) is 0. The third kappa shape index (κ3) is 4.75. The molecule has 0 aromatic rings. The van der Waals surface area contributed by atoms with Crippen molar-refractivity contribution in [2.24, 2.45) is 5.73 Å². The maximum absolute atomic E-state index is 10.8. The standard InChI is InChI=1S/C7H15NO3/c1-3-5-11-7(9)6(8)10-4-2/h6H,3-5,8H2,1-2H3. The molecule has 0 spiro atoms. The molecule has 0 aromatic carbocycles. The summed E-state index contributed by atoms with van der Waals surface area (Å²) in [5, 5.41) is 0. The predicted molar refractivity (Wildman–Crippen MR) is 40.9 cm³/mol. The van der Waals surface area contributed by atoms with Crippen LogP contribution < -0.4 is 5.73 Å². The Morgan fingerprint density at radius 3 is 2.64 bits per heavy atom. The Labute approximate surface area is 66.7 Å². The van der Waals surface area contributed by atoms with Gasteiger partial charge in [0.2, 0.25) is 6.23 Å². The third-order valence-corrected chi connectivity index (χ3v) is 1.03. The van der Waals surface area contributed by atoms with E-state index in [0.717, 1.165) is 6.42 Å². The molecular formula is C7H15NO3. The first-order chi connectivity index (χ1) is 5.22. The quantitative estimate of drug-likeness (QED) is 0.464. The lowest BCUT2D eigenvalue weighted by Gasteiger charge is -2.09. The number of hydrogen-bond acceptors (Lipinski definition) is 4.